The third kappa shape index (κ3) is 4.00. The smallest absolute Gasteiger partial charge is 0.249 e. The van der Waals surface area contributed by atoms with E-state index in [-0.39, 0.29) is 12.0 Å². The minimum atomic E-state index is -0.252. The van der Waals surface area contributed by atoms with Gasteiger partial charge < -0.3 is 10.1 Å². The highest BCUT2D eigenvalue weighted by molar-refractivity contribution is 6.30. The van der Waals surface area contributed by atoms with Gasteiger partial charge in [-0.25, -0.2) is 0 Å². The molecule has 1 atom stereocenters. The molecule has 1 unspecified atom stereocenters. The lowest BCUT2D eigenvalue weighted by atomic mass is 10.1. The molecule has 3 nitrogen and oxygen atoms in total. The Morgan fingerprint density at radius 3 is 3.06 bits per heavy atom. The summed E-state index contributed by atoms with van der Waals surface area (Å²) in [6, 6.07) is 7.70. The van der Waals surface area contributed by atoms with Crippen LogP contribution in [0.3, 0.4) is 0 Å². The van der Waals surface area contributed by atoms with Crippen LogP contribution >= 0.6 is 11.6 Å². The molecular weight excluding hydrogens is 250 g/mol. The number of hydrogen-bond acceptors (Lipinski definition) is 2. The van der Waals surface area contributed by atoms with Crippen LogP contribution in [0, 0.1) is 0 Å². The predicted molar refractivity (Wildman–Crippen MR) is 71.8 cm³/mol. The lowest BCUT2D eigenvalue weighted by Gasteiger charge is -2.21. The first-order valence-electron chi connectivity index (χ1n) is 6.39. The summed E-state index contributed by atoms with van der Waals surface area (Å²) < 4.78 is 5.43. The van der Waals surface area contributed by atoms with Crippen molar-refractivity contribution in [3.63, 3.8) is 0 Å². The van der Waals surface area contributed by atoms with E-state index >= 15 is 0 Å². The van der Waals surface area contributed by atoms with E-state index in [2.05, 4.69) is 5.32 Å². The number of nitrogens with one attached hydrogen (secondary N) is 1. The van der Waals surface area contributed by atoms with E-state index in [1.165, 1.54) is 0 Å². The Kier molecular flexibility index (Phi) is 5.02. The van der Waals surface area contributed by atoms with Gasteiger partial charge >= 0.3 is 0 Å². The second-order valence-corrected chi connectivity index (χ2v) is 4.96. The molecule has 1 aromatic rings. The minimum Gasteiger partial charge on any atom is -0.368 e. The topological polar surface area (TPSA) is 38.3 Å². The Balaban J connectivity index is 1.73. The maximum absolute atomic E-state index is 11.8. The summed E-state index contributed by atoms with van der Waals surface area (Å²) in [5, 5.41) is 3.64. The van der Waals surface area contributed by atoms with Crippen molar-refractivity contribution in [1.82, 2.24) is 5.32 Å². The summed E-state index contributed by atoms with van der Waals surface area (Å²) in [6.07, 6.45) is 3.51. The second kappa shape index (κ2) is 6.76. The monoisotopic (exact) mass is 267 g/mol. The normalized spacial score (nSPS) is 19.5. The average Bonchev–Trinajstić information content (AvgIpc) is 2.40. The molecule has 1 amide bonds. The van der Waals surface area contributed by atoms with E-state index in [1.54, 1.807) is 0 Å². The quantitative estimate of drug-likeness (QED) is 0.911. The molecule has 1 aromatic carbocycles. The molecule has 1 N–H and O–H groups in total. The van der Waals surface area contributed by atoms with Gasteiger partial charge in [-0.2, -0.15) is 0 Å². The van der Waals surface area contributed by atoms with E-state index in [9.17, 15) is 4.79 Å². The number of carbonyl (C=O) groups excluding carboxylic acids is 1. The van der Waals surface area contributed by atoms with Gasteiger partial charge in [-0.1, -0.05) is 23.7 Å². The molecule has 0 aliphatic carbocycles. The summed E-state index contributed by atoms with van der Waals surface area (Å²) in [6.45, 7) is 1.32. The van der Waals surface area contributed by atoms with Gasteiger partial charge in [0.25, 0.3) is 0 Å². The highest BCUT2D eigenvalue weighted by Gasteiger charge is 2.21. The fourth-order valence-corrected chi connectivity index (χ4v) is 2.30. The first kappa shape index (κ1) is 13.4. The minimum absolute atomic E-state index is 0.0109. The summed E-state index contributed by atoms with van der Waals surface area (Å²) in [7, 11) is 0. The van der Waals surface area contributed by atoms with E-state index in [0.717, 1.165) is 36.3 Å². The van der Waals surface area contributed by atoms with Crippen LogP contribution < -0.4 is 5.32 Å². The SMILES string of the molecule is O=C(NCCc1cccc(Cl)c1)C1CCCCO1. The number of ether oxygens (including phenoxy) is 1. The van der Waals surface area contributed by atoms with Crippen molar-refractivity contribution in [2.24, 2.45) is 0 Å². The van der Waals surface area contributed by atoms with Gasteiger partial charge in [-0.3, -0.25) is 4.79 Å². The second-order valence-electron chi connectivity index (χ2n) is 4.53. The number of amides is 1. The Morgan fingerprint density at radius 2 is 2.33 bits per heavy atom. The van der Waals surface area contributed by atoms with Crippen LogP contribution in [0.1, 0.15) is 24.8 Å². The van der Waals surface area contributed by atoms with Gasteiger partial charge in [-0.15, -0.1) is 0 Å². The molecule has 2 rings (SSSR count). The molecule has 0 spiro atoms. The van der Waals surface area contributed by atoms with Crippen LogP contribution in [0.2, 0.25) is 5.02 Å². The molecule has 1 fully saturated rings. The molecule has 0 bridgehead atoms. The maximum atomic E-state index is 11.8. The fraction of sp³-hybridized carbons (Fsp3) is 0.500. The van der Waals surface area contributed by atoms with Crippen LogP contribution in [0.4, 0.5) is 0 Å². The van der Waals surface area contributed by atoms with E-state index in [1.807, 2.05) is 24.3 Å². The molecule has 1 aliphatic heterocycles. The molecular formula is C14H18ClNO2. The van der Waals surface area contributed by atoms with Crippen molar-refractivity contribution in [2.45, 2.75) is 31.8 Å². The van der Waals surface area contributed by atoms with Crippen molar-refractivity contribution in [3.05, 3.63) is 34.9 Å². The molecule has 4 heteroatoms. The maximum Gasteiger partial charge on any atom is 0.249 e. The molecule has 1 aliphatic rings. The summed E-state index contributed by atoms with van der Waals surface area (Å²) in [5.41, 5.74) is 1.13. The van der Waals surface area contributed by atoms with Crippen LogP contribution in [0.5, 0.6) is 0 Å². The van der Waals surface area contributed by atoms with Gasteiger partial charge in [-0.05, 0) is 43.4 Å². The van der Waals surface area contributed by atoms with Crippen molar-refractivity contribution in [3.8, 4) is 0 Å². The molecule has 0 radical (unpaired) electrons. The molecule has 98 valence electrons. The van der Waals surface area contributed by atoms with Crippen molar-refractivity contribution >= 4 is 17.5 Å². The van der Waals surface area contributed by atoms with Gasteiger partial charge in [0.05, 0.1) is 0 Å². The third-order valence-corrected chi connectivity index (χ3v) is 3.31. The Hall–Kier alpha value is -1.06. The first-order valence-corrected chi connectivity index (χ1v) is 6.77. The highest BCUT2D eigenvalue weighted by Crippen LogP contribution is 2.13. The summed E-state index contributed by atoms with van der Waals surface area (Å²) >= 11 is 5.90. The van der Waals surface area contributed by atoms with E-state index in [0.29, 0.717) is 13.2 Å². The zero-order chi connectivity index (χ0) is 12.8. The largest absolute Gasteiger partial charge is 0.368 e. The lowest BCUT2D eigenvalue weighted by Crippen LogP contribution is -2.39. The molecule has 1 heterocycles. The Bertz CT molecular complexity index is 403. The van der Waals surface area contributed by atoms with Crippen LogP contribution in [0.15, 0.2) is 24.3 Å². The number of carbonyl (C=O) groups is 1. The van der Waals surface area contributed by atoms with Gasteiger partial charge in [0.15, 0.2) is 0 Å². The van der Waals surface area contributed by atoms with Crippen LogP contribution in [-0.4, -0.2) is 25.2 Å². The zero-order valence-electron chi connectivity index (χ0n) is 10.3. The van der Waals surface area contributed by atoms with Gasteiger partial charge in [0, 0.05) is 18.2 Å². The Morgan fingerprint density at radius 1 is 1.44 bits per heavy atom. The molecule has 0 aromatic heterocycles. The predicted octanol–water partition coefficient (Wildman–Crippen LogP) is 2.57. The van der Waals surface area contributed by atoms with E-state index in [4.69, 9.17) is 16.3 Å². The number of hydrogen-bond donors (Lipinski definition) is 1. The average molecular weight is 268 g/mol. The lowest BCUT2D eigenvalue weighted by molar-refractivity contribution is -0.135. The number of rotatable bonds is 4. The zero-order valence-corrected chi connectivity index (χ0v) is 11.1. The van der Waals surface area contributed by atoms with Crippen molar-refractivity contribution in [2.75, 3.05) is 13.2 Å². The molecule has 18 heavy (non-hydrogen) atoms. The van der Waals surface area contributed by atoms with Crippen LogP contribution in [-0.2, 0) is 16.0 Å². The van der Waals surface area contributed by atoms with Gasteiger partial charge in [0.2, 0.25) is 5.91 Å². The van der Waals surface area contributed by atoms with Gasteiger partial charge in [0.1, 0.15) is 6.10 Å². The standard InChI is InChI=1S/C14H18ClNO2/c15-12-5-3-4-11(10-12)7-8-16-14(17)13-6-1-2-9-18-13/h3-5,10,13H,1-2,6-9H2,(H,16,17). The highest BCUT2D eigenvalue weighted by atomic mass is 35.5. The summed E-state index contributed by atoms with van der Waals surface area (Å²) in [4.78, 5) is 11.8. The van der Waals surface area contributed by atoms with E-state index < -0.39 is 0 Å². The molecule has 1 saturated heterocycles. The Labute approximate surface area is 112 Å². The van der Waals surface area contributed by atoms with Crippen molar-refractivity contribution < 1.29 is 9.53 Å². The number of halogens is 1. The third-order valence-electron chi connectivity index (χ3n) is 3.07. The first-order chi connectivity index (χ1) is 8.75. The van der Waals surface area contributed by atoms with Crippen LogP contribution in [0.25, 0.3) is 0 Å². The fourth-order valence-electron chi connectivity index (χ4n) is 2.08. The van der Waals surface area contributed by atoms with Crippen molar-refractivity contribution in [1.29, 1.82) is 0 Å². The number of benzene rings is 1. The summed E-state index contributed by atoms with van der Waals surface area (Å²) in [5.74, 6) is 0.0109. The molecule has 0 saturated carbocycles.